The van der Waals surface area contributed by atoms with Crippen LogP contribution in [0.5, 0.6) is 0 Å². The summed E-state index contributed by atoms with van der Waals surface area (Å²) in [4.78, 5) is 12.1. The van der Waals surface area contributed by atoms with E-state index in [4.69, 9.17) is 17.3 Å². The summed E-state index contributed by atoms with van der Waals surface area (Å²) >= 11 is 8.87. The van der Waals surface area contributed by atoms with E-state index in [-0.39, 0.29) is 11.3 Å². The normalized spacial score (nSPS) is 10.4. The summed E-state index contributed by atoms with van der Waals surface area (Å²) in [7, 11) is 0. The molecule has 0 saturated heterocycles. The highest BCUT2D eigenvalue weighted by Gasteiger charge is 2.13. The molecule has 1 amide bonds. The molecule has 104 valence electrons. The van der Waals surface area contributed by atoms with E-state index in [0.717, 1.165) is 5.56 Å². The van der Waals surface area contributed by atoms with Gasteiger partial charge >= 0.3 is 0 Å². The first-order valence-corrected chi connectivity index (χ1v) is 6.87. The molecule has 0 aliphatic rings. The molecule has 0 saturated carbocycles. The van der Waals surface area contributed by atoms with Gasteiger partial charge < -0.3 is 11.1 Å². The first kappa shape index (κ1) is 14.8. The summed E-state index contributed by atoms with van der Waals surface area (Å²) in [5.74, 6) is -0.862. The molecule has 3 nitrogen and oxygen atoms in total. The van der Waals surface area contributed by atoms with Gasteiger partial charge in [0.2, 0.25) is 0 Å². The second kappa shape index (κ2) is 5.81. The monoisotopic (exact) mass is 356 g/mol. The maximum atomic E-state index is 13.5. The van der Waals surface area contributed by atoms with Gasteiger partial charge in [-0.3, -0.25) is 4.79 Å². The van der Waals surface area contributed by atoms with Crippen LogP contribution in [0, 0.1) is 12.7 Å². The molecular formula is C14H11BrClFN2O. The Morgan fingerprint density at radius 1 is 1.35 bits per heavy atom. The molecule has 0 unspecified atom stereocenters. The van der Waals surface area contributed by atoms with Gasteiger partial charge in [0, 0.05) is 16.4 Å². The van der Waals surface area contributed by atoms with Crippen molar-refractivity contribution in [3.05, 3.63) is 56.8 Å². The fraction of sp³-hybridized carbons (Fsp3) is 0.0714. The number of nitrogen functional groups attached to an aromatic ring is 1. The zero-order chi connectivity index (χ0) is 14.9. The molecule has 2 aromatic carbocycles. The quantitative estimate of drug-likeness (QED) is 0.783. The third-order valence-corrected chi connectivity index (χ3v) is 3.62. The fourth-order valence-electron chi connectivity index (χ4n) is 1.71. The number of amides is 1. The largest absolute Gasteiger partial charge is 0.398 e. The van der Waals surface area contributed by atoms with E-state index in [1.807, 2.05) is 0 Å². The van der Waals surface area contributed by atoms with Crippen molar-refractivity contribution in [2.45, 2.75) is 6.92 Å². The number of hydrogen-bond acceptors (Lipinski definition) is 2. The maximum Gasteiger partial charge on any atom is 0.257 e. The van der Waals surface area contributed by atoms with Crippen molar-refractivity contribution in [3.8, 4) is 0 Å². The maximum absolute atomic E-state index is 13.5. The van der Waals surface area contributed by atoms with E-state index in [2.05, 4.69) is 21.2 Å². The Kier molecular flexibility index (Phi) is 4.30. The minimum absolute atomic E-state index is 0.269. The van der Waals surface area contributed by atoms with Crippen LogP contribution in [0.4, 0.5) is 15.8 Å². The zero-order valence-corrected chi connectivity index (χ0v) is 12.8. The number of nitrogens with one attached hydrogen (secondary N) is 1. The van der Waals surface area contributed by atoms with Crippen molar-refractivity contribution in [1.29, 1.82) is 0 Å². The Labute approximate surface area is 129 Å². The molecule has 0 aliphatic heterocycles. The SMILES string of the molecule is Cc1cc(Br)c(F)cc1NC(=O)c1ccc(Cl)cc1N. The average Bonchev–Trinajstić information content (AvgIpc) is 2.35. The van der Waals surface area contributed by atoms with E-state index < -0.39 is 11.7 Å². The molecular weight excluding hydrogens is 347 g/mol. The van der Waals surface area contributed by atoms with Crippen LogP contribution in [0.2, 0.25) is 5.02 Å². The highest BCUT2D eigenvalue weighted by atomic mass is 79.9. The third-order valence-electron chi connectivity index (χ3n) is 2.77. The zero-order valence-electron chi connectivity index (χ0n) is 10.5. The molecule has 0 fully saturated rings. The van der Waals surface area contributed by atoms with Crippen molar-refractivity contribution in [2.75, 3.05) is 11.1 Å². The molecule has 2 rings (SSSR count). The van der Waals surface area contributed by atoms with Gasteiger partial charge in [0.15, 0.2) is 0 Å². The lowest BCUT2D eigenvalue weighted by Crippen LogP contribution is -2.15. The molecule has 0 radical (unpaired) electrons. The van der Waals surface area contributed by atoms with Crippen molar-refractivity contribution in [2.24, 2.45) is 0 Å². The predicted octanol–water partition coefficient (Wildman–Crippen LogP) is 4.38. The van der Waals surface area contributed by atoms with Crippen molar-refractivity contribution < 1.29 is 9.18 Å². The molecule has 20 heavy (non-hydrogen) atoms. The van der Waals surface area contributed by atoms with Crippen LogP contribution in [0.3, 0.4) is 0 Å². The van der Waals surface area contributed by atoms with Crippen LogP contribution in [0.15, 0.2) is 34.8 Å². The Bertz CT molecular complexity index is 691. The lowest BCUT2D eigenvalue weighted by Gasteiger charge is -2.11. The van der Waals surface area contributed by atoms with Crippen LogP contribution >= 0.6 is 27.5 Å². The number of anilines is 2. The smallest absolute Gasteiger partial charge is 0.257 e. The second-order valence-corrected chi connectivity index (χ2v) is 5.56. The van der Waals surface area contributed by atoms with Gasteiger partial charge in [-0.05, 0) is 58.7 Å². The van der Waals surface area contributed by atoms with Crippen LogP contribution in [0.25, 0.3) is 0 Å². The van der Waals surface area contributed by atoms with Crippen LogP contribution in [0.1, 0.15) is 15.9 Å². The van der Waals surface area contributed by atoms with Crippen LogP contribution < -0.4 is 11.1 Å². The predicted molar refractivity (Wildman–Crippen MR) is 82.7 cm³/mol. The number of aryl methyl sites for hydroxylation is 1. The number of nitrogens with two attached hydrogens (primary N) is 1. The molecule has 0 heterocycles. The highest BCUT2D eigenvalue weighted by molar-refractivity contribution is 9.10. The lowest BCUT2D eigenvalue weighted by molar-refractivity contribution is 0.102. The standard InChI is InChI=1S/C14H11BrClFN2O/c1-7-4-10(15)11(17)6-13(7)19-14(20)9-3-2-8(16)5-12(9)18/h2-6H,18H2,1H3,(H,19,20). The average molecular weight is 358 g/mol. The van der Waals surface area contributed by atoms with Gasteiger partial charge in [-0.25, -0.2) is 4.39 Å². The van der Waals surface area contributed by atoms with Gasteiger partial charge in [-0.15, -0.1) is 0 Å². The van der Waals surface area contributed by atoms with E-state index in [1.165, 1.54) is 18.2 Å². The molecule has 6 heteroatoms. The van der Waals surface area contributed by atoms with Gasteiger partial charge in [0.1, 0.15) is 5.82 Å². The summed E-state index contributed by atoms with van der Waals surface area (Å²) < 4.78 is 13.9. The number of hydrogen-bond donors (Lipinski definition) is 2. The lowest BCUT2D eigenvalue weighted by atomic mass is 10.1. The second-order valence-electron chi connectivity index (χ2n) is 4.27. The van der Waals surface area contributed by atoms with Crippen LogP contribution in [-0.2, 0) is 0 Å². The number of carbonyl (C=O) groups excluding carboxylic acids is 1. The fourth-order valence-corrected chi connectivity index (χ4v) is 2.35. The molecule has 0 aliphatic carbocycles. The highest BCUT2D eigenvalue weighted by Crippen LogP contribution is 2.25. The van der Waals surface area contributed by atoms with E-state index in [9.17, 15) is 9.18 Å². The van der Waals surface area contributed by atoms with Crippen molar-refractivity contribution in [3.63, 3.8) is 0 Å². The number of carbonyl (C=O) groups is 1. The Balaban J connectivity index is 2.30. The number of rotatable bonds is 2. The van der Waals surface area contributed by atoms with Gasteiger partial charge in [-0.2, -0.15) is 0 Å². The Hall–Kier alpha value is -1.59. The molecule has 0 bridgehead atoms. The minimum Gasteiger partial charge on any atom is -0.398 e. The summed E-state index contributed by atoms with van der Waals surface area (Å²) in [5, 5.41) is 3.08. The molecule has 3 N–H and O–H groups in total. The van der Waals surface area contributed by atoms with Gasteiger partial charge in [0.25, 0.3) is 5.91 Å². The molecule has 2 aromatic rings. The summed E-state index contributed by atoms with van der Waals surface area (Å²) in [6, 6.07) is 7.43. The minimum atomic E-state index is -0.449. The summed E-state index contributed by atoms with van der Waals surface area (Å²) in [5.41, 5.74) is 7.43. The summed E-state index contributed by atoms with van der Waals surface area (Å²) in [6.07, 6.45) is 0. The van der Waals surface area contributed by atoms with Crippen LogP contribution in [-0.4, -0.2) is 5.91 Å². The van der Waals surface area contributed by atoms with E-state index in [1.54, 1.807) is 19.1 Å². The molecule has 0 atom stereocenters. The van der Waals surface area contributed by atoms with Crippen molar-refractivity contribution in [1.82, 2.24) is 0 Å². The number of halogens is 3. The molecule has 0 spiro atoms. The van der Waals surface area contributed by atoms with Gasteiger partial charge in [0.05, 0.1) is 10.0 Å². The van der Waals surface area contributed by atoms with Gasteiger partial charge in [-0.1, -0.05) is 11.6 Å². The number of benzene rings is 2. The summed E-state index contributed by atoms with van der Waals surface area (Å²) in [6.45, 7) is 1.77. The van der Waals surface area contributed by atoms with E-state index in [0.29, 0.717) is 15.2 Å². The van der Waals surface area contributed by atoms with E-state index >= 15 is 0 Å². The van der Waals surface area contributed by atoms with Crippen molar-refractivity contribution >= 4 is 44.8 Å². The topological polar surface area (TPSA) is 55.1 Å². The molecule has 0 aromatic heterocycles. The first-order valence-electron chi connectivity index (χ1n) is 5.70. The Morgan fingerprint density at radius 2 is 2.05 bits per heavy atom. The Morgan fingerprint density at radius 3 is 2.70 bits per heavy atom. The third kappa shape index (κ3) is 3.11. The first-order chi connectivity index (χ1) is 9.38.